The molecule has 0 spiro atoms. The van der Waals surface area contributed by atoms with Crippen LogP contribution in [0.2, 0.25) is 0 Å². The Kier molecular flexibility index (Phi) is 6.32. The van der Waals surface area contributed by atoms with E-state index in [4.69, 9.17) is 5.73 Å². The molecule has 5 rings (SSSR count). The third kappa shape index (κ3) is 4.95. The van der Waals surface area contributed by atoms with E-state index in [0.29, 0.717) is 17.9 Å². The summed E-state index contributed by atoms with van der Waals surface area (Å²) in [6.45, 7) is 0. The number of aryl methyl sites for hydroxylation is 1. The molecule has 0 bridgehead atoms. The highest BCUT2D eigenvalue weighted by Gasteiger charge is 2.18. The molecular formula is C28H24FN5O. The van der Waals surface area contributed by atoms with Gasteiger partial charge >= 0.3 is 0 Å². The number of aromatic amines is 1. The fourth-order valence-electron chi connectivity index (χ4n) is 4.11. The van der Waals surface area contributed by atoms with Crippen LogP contribution in [0.15, 0.2) is 91.3 Å². The van der Waals surface area contributed by atoms with Crippen molar-refractivity contribution in [3.8, 4) is 22.4 Å². The number of pyridine rings is 2. The smallest absolute Gasteiger partial charge is 0.242 e. The van der Waals surface area contributed by atoms with Crippen LogP contribution in [0.25, 0.3) is 33.4 Å². The number of anilines is 1. The lowest BCUT2D eigenvalue weighted by molar-refractivity contribution is -0.117. The van der Waals surface area contributed by atoms with Crippen molar-refractivity contribution >= 4 is 22.8 Å². The van der Waals surface area contributed by atoms with Crippen LogP contribution < -0.4 is 11.1 Å². The highest BCUT2D eigenvalue weighted by Crippen LogP contribution is 2.38. The number of amides is 1. The van der Waals surface area contributed by atoms with Crippen LogP contribution in [0, 0.1) is 5.82 Å². The molecule has 1 unspecified atom stereocenters. The van der Waals surface area contributed by atoms with E-state index in [1.54, 1.807) is 30.6 Å². The van der Waals surface area contributed by atoms with E-state index in [9.17, 15) is 9.18 Å². The van der Waals surface area contributed by atoms with Crippen LogP contribution in [-0.4, -0.2) is 26.9 Å². The molecule has 0 aliphatic heterocycles. The molecule has 7 heteroatoms. The van der Waals surface area contributed by atoms with Gasteiger partial charge in [0.2, 0.25) is 5.91 Å². The van der Waals surface area contributed by atoms with E-state index in [2.05, 4.69) is 20.3 Å². The minimum atomic E-state index is -0.654. The largest absolute Gasteiger partial charge is 0.339 e. The van der Waals surface area contributed by atoms with Crippen LogP contribution in [0.1, 0.15) is 12.0 Å². The van der Waals surface area contributed by atoms with Gasteiger partial charge in [0.1, 0.15) is 17.3 Å². The molecule has 0 saturated carbocycles. The fraction of sp³-hybridized carbons (Fsp3) is 0.107. The van der Waals surface area contributed by atoms with Crippen LogP contribution in [0.4, 0.5) is 10.2 Å². The van der Waals surface area contributed by atoms with Crippen molar-refractivity contribution in [2.75, 3.05) is 5.32 Å². The first kappa shape index (κ1) is 22.4. The summed E-state index contributed by atoms with van der Waals surface area (Å²) < 4.78 is 13.5. The number of H-pyrrole nitrogens is 1. The summed E-state index contributed by atoms with van der Waals surface area (Å²) in [5.74, 6) is -0.180. The molecule has 2 aromatic carbocycles. The number of benzene rings is 2. The molecule has 3 heterocycles. The van der Waals surface area contributed by atoms with Crippen LogP contribution in [-0.2, 0) is 11.2 Å². The minimum absolute atomic E-state index is 0.285. The standard InChI is InChI=1S/C28H24FN5O/c29-21-9-7-20(8-10-21)26-25(19-14-16-31-17-15-19)22-11-13-24(32-27(22)34-26)33-28(35)23(30)12-6-18-4-2-1-3-5-18/h1-5,7-11,13-17,23H,6,12,30H2,(H2,32,33,34,35). The summed E-state index contributed by atoms with van der Waals surface area (Å²) in [6, 6.07) is 23.1. The van der Waals surface area contributed by atoms with Gasteiger partial charge in [0.25, 0.3) is 0 Å². The number of carbonyl (C=O) groups is 1. The van der Waals surface area contributed by atoms with Crippen LogP contribution >= 0.6 is 0 Å². The van der Waals surface area contributed by atoms with Crippen molar-refractivity contribution in [2.24, 2.45) is 5.73 Å². The van der Waals surface area contributed by atoms with E-state index >= 15 is 0 Å². The Morgan fingerprint density at radius 3 is 2.43 bits per heavy atom. The van der Waals surface area contributed by atoms with Crippen LogP contribution in [0.3, 0.4) is 0 Å². The summed E-state index contributed by atoms with van der Waals surface area (Å²) in [7, 11) is 0. The third-order valence-corrected chi connectivity index (χ3v) is 5.93. The molecule has 6 nitrogen and oxygen atoms in total. The summed E-state index contributed by atoms with van der Waals surface area (Å²) in [5.41, 5.74) is 11.4. The zero-order valence-electron chi connectivity index (χ0n) is 18.9. The van der Waals surface area contributed by atoms with E-state index in [1.807, 2.05) is 48.5 Å². The van der Waals surface area contributed by atoms with Gasteiger partial charge in [-0.25, -0.2) is 9.37 Å². The maximum absolute atomic E-state index is 13.5. The number of aromatic nitrogens is 3. The van der Waals surface area contributed by atoms with Crippen molar-refractivity contribution in [2.45, 2.75) is 18.9 Å². The first-order valence-corrected chi connectivity index (χ1v) is 11.4. The SMILES string of the molecule is NC(CCc1ccccc1)C(=O)Nc1ccc2c(-c3ccncc3)c(-c3ccc(F)cc3)[nH]c2n1. The Labute approximate surface area is 202 Å². The normalized spacial score (nSPS) is 11.9. The monoisotopic (exact) mass is 465 g/mol. The molecule has 0 aliphatic rings. The lowest BCUT2D eigenvalue weighted by atomic mass is 10.00. The van der Waals surface area contributed by atoms with Crippen LogP contribution in [0.5, 0.6) is 0 Å². The highest BCUT2D eigenvalue weighted by molar-refractivity contribution is 6.03. The van der Waals surface area contributed by atoms with Gasteiger partial charge in [-0.15, -0.1) is 0 Å². The summed E-state index contributed by atoms with van der Waals surface area (Å²) in [4.78, 5) is 24.8. The second-order valence-electron chi connectivity index (χ2n) is 8.33. The molecule has 4 N–H and O–H groups in total. The van der Waals surface area contributed by atoms with Crippen molar-refractivity contribution < 1.29 is 9.18 Å². The summed E-state index contributed by atoms with van der Waals surface area (Å²) >= 11 is 0. The summed E-state index contributed by atoms with van der Waals surface area (Å²) in [6.07, 6.45) is 4.69. The number of nitrogens with zero attached hydrogens (tertiary/aromatic N) is 2. The number of nitrogens with two attached hydrogens (primary N) is 1. The van der Waals surface area contributed by atoms with Gasteiger partial charge in [0.05, 0.1) is 11.7 Å². The topological polar surface area (TPSA) is 96.7 Å². The molecule has 0 saturated heterocycles. The van der Waals surface area contributed by atoms with Crippen molar-refractivity contribution in [3.63, 3.8) is 0 Å². The van der Waals surface area contributed by atoms with E-state index in [1.165, 1.54) is 12.1 Å². The lowest BCUT2D eigenvalue weighted by Gasteiger charge is -2.12. The average molecular weight is 466 g/mol. The highest BCUT2D eigenvalue weighted by atomic mass is 19.1. The molecule has 0 fully saturated rings. The first-order valence-electron chi connectivity index (χ1n) is 11.4. The fourth-order valence-corrected chi connectivity index (χ4v) is 4.11. The second-order valence-corrected chi connectivity index (χ2v) is 8.33. The molecule has 1 amide bonds. The Morgan fingerprint density at radius 1 is 0.943 bits per heavy atom. The van der Waals surface area contributed by atoms with E-state index in [0.717, 1.165) is 39.8 Å². The summed E-state index contributed by atoms with van der Waals surface area (Å²) in [5, 5.41) is 3.71. The second kappa shape index (κ2) is 9.87. The zero-order chi connectivity index (χ0) is 24.2. The quantitative estimate of drug-likeness (QED) is 0.303. The van der Waals surface area contributed by atoms with Gasteiger partial charge < -0.3 is 16.0 Å². The molecule has 174 valence electrons. The van der Waals surface area contributed by atoms with E-state index in [-0.39, 0.29) is 11.7 Å². The van der Waals surface area contributed by atoms with Gasteiger partial charge in [0.15, 0.2) is 0 Å². The van der Waals surface area contributed by atoms with Gasteiger partial charge in [-0.05, 0) is 78.1 Å². The predicted molar refractivity (Wildman–Crippen MR) is 136 cm³/mol. The minimum Gasteiger partial charge on any atom is -0.339 e. The predicted octanol–water partition coefficient (Wildman–Crippen LogP) is 5.33. The van der Waals surface area contributed by atoms with Gasteiger partial charge in [-0.1, -0.05) is 30.3 Å². The Balaban J connectivity index is 1.42. The molecule has 35 heavy (non-hydrogen) atoms. The van der Waals surface area contributed by atoms with Crippen molar-refractivity contribution in [1.29, 1.82) is 0 Å². The number of fused-ring (bicyclic) bond motifs is 1. The van der Waals surface area contributed by atoms with Gasteiger partial charge in [-0.2, -0.15) is 0 Å². The van der Waals surface area contributed by atoms with Gasteiger partial charge in [0, 0.05) is 23.3 Å². The third-order valence-electron chi connectivity index (χ3n) is 5.93. The number of halogens is 1. The van der Waals surface area contributed by atoms with Crippen molar-refractivity contribution in [3.05, 3.63) is 103 Å². The zero-order valence-corrected chi connectivity index (χ0v) is 18.9. The van der Waals surface area contributed by atoms with E-state index < -0.39 is 6.04 Å². The maximum atomic E-state index is 13.5. The number of nitrogens with one attached hydrogen (secondary N) is 2. The number of rotatable bonds is 7. The Hall–Kier alpha value is -4.36. The Morgan fingerprint density at radius 2 is 1.69 bits per heavy atom. The number of carbonyl (C=O) groups excluding carboxylic acids is 1. The first-order chi connectivity index (χ1) is 17.1. The molecular weight excluding hydrogens is 441 g/mol. The molecule has 0 radical (unpaired) electrons. The molecule has 3 aromatic heterocycles. The van der Waals surface area contributed by atoms with Gasteiger partial charge in [-0.3, -0.25) is 9.78 Å². The molecule has 1 atom stereocenters. The number of hydrogen-bond donors (Lipinski definition) is 3. The molecule has 0 aliphatic carbocycles. The average Bonchev–Trinajstić information content (AvgIpc) is 3.27. The van der Waals surface area contributed by atoms with Crippen molar-refractivity contribution in [1.82, 2.24) is 15.0 Å². The maximum Gasteiger partial charge on any atom is 0.242 e. The molecule has 5 aromatic rings. The Bertz CT molecular complexity index is 1450. The number of hydrogen-bond acceptors (Lipinski definition) is 4. The lowest BCUT2D eigenvalue weighted by Crippen LogP contribution is -2.36.